The molecule has 0 bridgehead atoms. The van der Waals surface area contributed by atoms with Gasteiger partial charge in [0.05, 0.1) is 12.9 Å². The molecule has 19 heavy (non-hydrogen) atoms. The van der Waals surface area contributed by atoms with Crippen LogP contribution in [0.25, 0.3) is 0 Å². The second-order valence-corrected chi connectivity index (χ2v) is 7.01. The summed E-state index contributed by atoms with van der Waals surface area (Å²) in [7, 11) is -1.39. The number of sulfone groups is 1. The van der Waals surface area contributed by atoms with E-state index in [1.807, 2.05) is 25.1 Å². The van der Waals surface area contributed by atoms with Crippen LogP contribution in [-0.4, -0.2) is 34.1 Å². The highest BCUT2D eigenvalue weighted by Crippen LogP contribution is 2.23. The topological polar surface area (TPSA) is 55.4 Å². The fraction of sp³-hybridized carbons (Fsp3) is 0.571. The maximum Gasteiger partial charge on any atom is 0.149 e. The molecule has 1 unspecified atom stereocenters. The van der Waals surface area contributed by atoms with Crippen molar-refractivity contribution in [2.45, 2.75) is 26.3 Å². The first-order valence-corrected chi connectivity index (χ1v) is 8.49. The van der Waals surface area contributed by atoms with Gasteiger partial charge >= 0.3 is 0 Å². The Morgan fingerprint density at radius 1 is 1.37 bits per heavy atom. The summed E-state index contributed by atoms with van der Waals surface area (Å²) in [5.41, 5.74) is 1.99. The van der Waals surface area contributed by atoms with Gasteiger partial charge in [-0.15, -0.1) is 0 Å². The lowest BCUT2D eigenvalue weighted by Crippen LogP contribution is -2.28. The highest BCUT2D eigenvalue weighted by atomic mass is 32.2. The molecule has 0 aliphatic rings. The van der Waals surface area contributed by atoms with Crippen LogP contribution in [0, 0.1) is 6.92 Å². The van der Waals surface area contributed by atoms with Crippen LogP contribution < -0.4 is 10.1 Å². The van der Waals surface area contributed by atoms with Gasteiger partial charge in [-0.1, -0.05) is 19.1 Å². The predicted octanol–water partition coefficient (Wildman–Crippen LogP) is 2.09. The molecule has 1 rings (SSSR count). The number of rotatable bonds is 7. The van der Waals surface area contributed by atoms with Crippen LogP contribution in [0.15, 0.2) is 18.2 Å². The summed E-state index contributed by atoms with van der Waals surface area (Å²) in [6.45, 7) is 4.81. The first-order valence-electron chi connectivity index (χ1n) is 6.43. The van der Waals surface area contributed by atoms with Crippen LogP contribution in [0.5, 0.6) is 5.75 Å². The summed E-state index contributed by atoms with van der Waals surface area (Å²) in [6, 6.07) is 5.62. The largest absolute Gasteiger partial charge is 0.496 e. The molecule has 1 aromatic rings. The molecule has 1 atom stereocenters. The molecule has 5 heteroatoms. The SMILES string of the molecule is CCCNC(CS(C)(=O)=O)c1ccc(OC)c(C)c1. The molecule has 0 amide bonds. The number of aryl methyl sites for hydroxylation is 1. The quantitative estimate of drug-likeness (QED) is 0.833. The van der Waals surface area contributed by atoms with Crippen molar-refractivity contribution in [1.29, 1.82) is 0 Å². The number of hydrogen-bond donors (Lipinski definition) is 1. The Morgan fingerprint density at radius 3 is 2.53 bits per heavy atom. The van der Waals surface area contributed by atoms with Crippen molar-refractivity contribution in [2.75, 3.05) is 25.7 Å². The number of nitrogens with one attached hydrogen (secondary N) is 1. The predicted molar refractivity (Wildman–Crippen MR) is 78.5 cm³/mol. The van der Waals surface area contributed by atoms with Gasteiger partial charge in [-0.25, -0.2) is 8.42 Å². The van der Waals surface area contributed by atoms with E-state index in [0.717, 1.165) is 29.8 Å². The van der Waals surface area contributed by atoms with E-state index in [0.29, 0.717) is 0 Å². The lowest BCUT2D eigenvalue weighted by molar-refractivity contribution is 0.411. The van der Waals surface area contributed by atoms with Gasteiger partial charge in [0, 0.05) is 12.3 Å². The zero-order valence-corrected chi connectivity index (χ0v) is 12.9. The second-order valence-electron chi connectivity index (χ2n) is 4.83. The van der Waals surface area contributed by atoms with E-state index in [1.165, 1.54) is 6.26 Å². The molecule has 0 aliphatic heterocycles. The molecule has 0 radical (unpaired) electrons. The Hall–Kier alpha value is -1.07. The lowest BCUT2D eigenvalue weighted by Gasteiger charge is -2.19. The van der Waals surface area contributed by atoms with Crippen LogP contribution >= 0.6 is 0 Å². The summed E-state index contributed by atoms with van der Waals surface area (Å²) in [6.07, 6.45) is 2.24. The summed E-state index contributed by atoms with van der Waals surface area (Å²) in [5.74, 6) is 0.927. The monoisotopic (exact) mass is 285 g/mol. The molecular formula is C14H23NO3S. The summed E-state index contributed by atoms with van der Waals surface area (Å²) in [4.78, 5) is 0. The van der Waals surface area contributed by atoms with E-state index >= 15 is 0 Å². The Bertz CT molecular complexity index is 511. The zero-order valence-electron chi connectivity index (χ0n) is 12.1. The normalized spacial score (nSPS) is 13.3. The van der Waals surface area contributed by atoms with Gasteiger partial charge in [-0.2, -0.15) is 0 Å². The Labute approximate surface area is 116 Å². The molecule has 0 saturated carbocycles. The van der Waals surface area contributed by atoms with Gasteiger partial charge in [-0.3, -0.25) is 0 Å². The highest BCUT2D eigenvalue weighted by molar-refractivity contribution is 7.90. The van der Waals surface area contributed by atoms with Crippen molar-refractivity contribution in [3.8, 4) is 5.75 Å². The van der Waals surface area contributed by atoms with Gasteiger partial charge in [0.25, 0.3) is 0 Å². The van der Waals surface area contributed by atoms with E-state index in [-0.39, 0.29) is 11.8 Å². The molecule has 1 aromatic carbocycles. The first-order chi connectivity index (χ1) is 8.87. The minimum absolute atomic E-state index is 0.110. The van der Waals surface area contributed by atoms with Crippen LogP contribution in [0.4, 0.5) is 0 Å². The Balaban J connectivity index is 2.99. The molecule has 108 valence electrons. The lowest BCUT2D eigenvalue weighted by atomic mass is 10.0. The van der Waals surface area contributed by atoms with E-state index < -0.39 is 9.84 Å². The van der Waals surface area contributed by atoms with Crippen molar-refractivity contribution in [3.05, 3.63) is 29.3 Å². The third-order valence-corrected chi connectivity index (χ3v) is 3.87. The highest BCUT2D eigenvalue weighted by Gasteiger charge is 2.17. The maximum absolute atomic E-state index is 11.5. The summed E-state index contributed by atoms with van der Waals surface area (Å²) >= 11 is 0. The average molecular weight is 285 g/mol. The number of hydrogen-bond acceptors (Lipinski definition) is 4. The van der Waals surface area contributed by atoms with Crippen LogP contribution in [0.2, 0.25) is 0 Å². The molecule has 0 aliphatic carbocycles. The molecule has 4 nitrogen and oxygen atoms in total. The van der Waals surface area contributed by atoms with Crippen LogP contribution in [0.3, 0.4) is 0 Å². The number of ether oxygens (including phenoxy) is 1. The van der Waals surface area contributed by atoms with E-state index in [9.17, 15) is 8.42 Å². The molecule has 0 heterocycles. The van der Waals surface area contributed by atoms with Gasteiger partial charge < -0.3 is 10.1 Å². The third-order valence-electron chi connectivity index (χ3n) is 2.93. The van der Waals surface area contributed by atoms with E-state index in [1.54, 1.807) is 7.11 Å². The van der Waals surface area contributed by atoms with Crippen molar-refractivity contribution in [3.63, 3.8) is 0 Å². The van der Waals surface area contributed by atoms with Crippen molar-refractivity contribution in [1.82, 2.24) is 5.32 Å². The first kappa shape index (κ1) is 16.0. The van der Waals surface area contributed by atoms with Crippen LogP contribution in [-0.2, 0) is 9.84 Å². The minimum atomic E-state index is -3.02. The van der Waals surface area contributed by atoms with Crippen LogP contribution in [0.1, 0.15) is 30.5 Å². The number of benzene rings is 1. The second kappa shape index (κ2) is 6.91. The molecule has 0 aromatic heterocycles. The smallest absolute Gasteiger partial charge is 0.149 e. The molecular weight excluding hydrogens is 262 g/mol. The fourth-order valence-corrected chi connectivity index (χ4v) is 2.93. The number of methoxy groups -OCH3 is 1. The van der Waals surface area contributed by atoms with E-state index in [4.69, 9.17) is 4.74 Å². The molecule has 0 fully saturated rings. The minimum Gasteiger partial charge on any atom is -0.496 e. The Kier molecular flexibility index (Phi) is 5.82. The maximum atomic E-state index is 11.5. The fourth-order valence-electron chi connectivity index (χ4n) is 2.01. The standard InChI is InChI=1S/C14H23NO3S/c1-5-8-15-13(10-19(4,16)17)12-6-7-14(18-3)11(2)9-12/h6-7,9,13,15H,5,8,10H2,1-4H3. The summed E-state index contributed by atoms with van der Waals surface area (Å²) < 4.78 is 28.3. The molecule has 0 saturated heterocycles. The van der Waals surface area contributed by atoms with Gasteiger partial charge in [-0.05, 0) is 37.1 Å². The zero-order chi connectivity index (χ0) is 14.5. The summed E-state index contributed by atoms with van der Waals surface area (Å²) in [5, 5.41) is 3.29. The van der Waals surface area contributed by atoms with Gasteiger partial charge in [0.1, 0.15) is 15.6 Å². The van der Waals surface area contributed by atoms with Gasteiger partial charge in [0.15, 0.2) is 0 Å². The Morgan fingerprint density at radius 2 is 2.05 bits per heavy atom. The van der Waals surface area contributed by atoms with Crippen molar-refractivity contribution >= 4 is 9.84 Å². The third kappa shape index (κ3) is 5.20. The van der Waals surface area contributed by atoms with Gasteiger partial charge in [0.2, 0.25) is 0 Å². The molecule has 1 N–H and O–H groups in total. The average Bonchev–Trinajstić information content (AvgIpc) is 2.33. The van der Waals surface area contributed by atoms with E-state index in [2.05, 4.69) is 12.2 Å². The van der Waals surface area contributed by atoms with Crippen molar-refractivity contribution < 1.29 is 13.2 Å². The van der Waals surface area contributed by atoms with Crippen molar-refractivity contribution in [2.24, 2.45) is 0 Å². The molecule has 0 spiro atoms.